The second-order valence-corrected chi connectivity index (χ2v) is 8.67. The standard InChI is InChI=1S/C23H30N6O2/c24-16-18-1-2-22-20(15-18)21(17-25-22)19-3-5-28(6-4-19)29-9-7-26(8-10-29)23(30)27-11-13-31-14-12-27/h1-2,15,17,19,25H,3-14H2. The molecule has 0 aliphatic carbocycles. The number of nitriles is 1. The van der Waals surface area contributed by atoms with Gasteiger partial charge in [0.2, 0.25) is 0 Å². The number of carbonyl (C=O) groups is 1. The summed E-state index contributed by atoms with van der Waals surface area (Å²) in [4.78, 5) is 20.0. The number of urea groups is 1. The first-order valence-corrected chi connectivity index (χ1v) is 11.4. The van der Waals surface area contributed by atoms with Crippen molar-refractivity contribution in [3.63, 3.8) is 0 Å². The minimum atomic E-state index is 0.165. The van der Waals surface area contributed by atoms with E-state index in [1.54, 1.807) is 0 Å². The van der Waals surface area contributed by atoms with Crippen LogP contribution < -0.4 is 0 Å². The molecule has 1 aromatic heterocycles. The summed E-state index contributed by atoms with van der Waals surface area (Å²) in [5, 5.41) is 15.3. The number of carbonyl (C=O) groups excluding carboxylic acids is 1. The molecule has 0 atom stereocenters. The molecular weight excluding hydrogens is 392 g/mol. The molecule has 2 aromatic rings. The van der Waals surface area contributed by atoms with Gasteiger partial charge in [-0.15, -0.1) is 0 Å². The van der Waals surface area contributed by atoms with Crippen molar-refractivity contribution in [2.75, 3.05) is 65.6 Å². The molecule has 3 aliphatic rings. The monoisotopic (exact) mass is 422 g/mol. The summed E-state index contributed by atoms with van der Waals surface area (Å²) in [6, 6.07) is 8.31. The summed E-state index contributed by atoms with van der Waals surface area (Å²) in [5.74, 6) is 0.517. The second kappa shape index (κ2) is 8.87. The van der Waals surface area contributed by atoms with E-state index in [9.17, 15) is 10.1 Å². The van der Waals surface area contributed by atoms with Crippen molar-refractivity contribution < 1.29 is 9.53 Å². The van der Waals surface area contributed by atoms with Gasteiger partial charge < -0.3 is 19.5 Å². The number of nitrogens with zero attached hydrogens (tertiary/aromatic N) is 5. The predicted octanol–water partition coefficient (Wildman–Crippen LogP) is 2.20. The number of amides is 2. The smallest absolute Gasteiger partial charge is 0.320 e. The molecule has 31 heavy (non-hydrogen) atoms. The first-order valence-electron chi connectivity index (χ1n) is 11.4. The largest absolute Gasteiger partial charge is 0.378 e. The molecule has 0 unspecified atom stereocenters. The van der Waals surface area contributed by atoms with Gasteiger partial charge in [0.05, 0.1) is 24.8 Å². The van der Waals surface area contributed by atoms with Crippen LogP contribution >= 0.6 is 0 Å². The second-order valence-electron chi connectivity index (χ2n) is 8.67. The summed E-state index contributed by atoms with van der Waals surface area (Å²) in [7, 11) is 0. The fourth-order valence-corrected chi connectivity index (χ4v) is 5.13. The Labute approximate surface area is 182 Å². The van der Waals surface area contributed by atoms with Crippen molar-refractivity contribution in [2.45, 2.75) is 18.8 Å². The first-order chi connectivity index (χ1) is 15.2. The molecule has 8 heteroatoms. The van der Waals surface area contributed by atoms with E-state index < -0.39 is 0 Å². The molecule has 3 fully saturated rings. The van der Waals surface area contributed by atoms with Gasteiger partial charge in [0.15, 0.2) is 0 Å². The molecule has 0 saturated carbocycles. The number of morpholine rings is 1. The van der Waals surface area contributed by atoms with Gasteiger partial charge in [0.25, 0.3) is 0 Å². The SMILES string of the molecule is N#Cc1ccc2[nH]cc(C3CCN(N4CCN(C(=O)N5CCOCC5)CC4)CC3)c2c1. The molecule has 1 aromatic carbocycles. The number of piperazine rings is 1. The Bertz CT molecular complexity index is 960. The topological polar surface area (TPSA) is 78.8 Å². The average molecular weight is 423 g/mol. The highest BCUT2D eigenvalue weighted by Crippen LogP contribution is 2.34. The van der Waals surface area contributed by atoms with Crippen LogP contribution in [0.3, 0.4) is 0 Å². The van der Waals surface area contributed by atoms with Gasteiger partial charge in [-0.05, 0) is 42.5 Å². The van der Waals surface area contributed by atoms with Gasteiger partial charge in [-0.25, -0.2) is 14.8 Å². The van der Waals surface area contributed by atoms with Gasteiger partial charge in [-0.2, -0.15) is 5.26 Å². The molecule has 1 N–H and O–H groups in total. The zero-order valence-electron chi connectivity index (χ0n) is 17.9. The van der Waals surface area contributed by atoms with E-state index in [-0.39, 0.29) is 6.03 Å². The van der Waals surface area contributed by atoms with E-state index in [4.69, 9.17) is 4.74 Å². The predicted molar refractivity (Wildman–Crippen MR) is 117 cm³/mol. The van der Waals surface area contributed by atoms with Crippen LogP contribution in [0.4, 0.5) is 4.79 Å². The molecule has 0 radical (unpaired) electrons. The van der Waals surface area contributed by atoms with E-state index in [1.807, 2.05) is 28.0 Å². The molecule has 8 nitrogen and oxygen atoms in total. The Morgan fingerprint density at radius 1 is 0.968 bits per heavy atom. The van der Waals surface area contributed by atoms with Gasteiger partial charge in [0, 0.05) is 69.5 Å². The number of hydrogen-bond acceptors (Lipinski definition) is 5. The summed E-state index contributed by atoms with van der Waals surface area (Å²) in [5.41, 5.74) is 3.17. The number of aromatic nitrogens is 1. The quantitative estimate of drug-likeness (QED) is 0.803. The normalized spacial score (nSPS) is 22.0. The van der Waals surface area contributed by atoms with Crippen LogP contribution in [-0.2, 0) is 4.74 Å². The fraction of sp³-hybridized carbons (Fsp3) is 0.565. The number of aromatic amines is 1. The zero-order valence-corrected chi connectivity index (χ0v) is 17.9. The van der Waals surface area contributed by atoms with E-state index >= 15 is 0 Å². The molecule has 2 amide bonds. The lowest BCUT2D eigenvalue weighted by molar-refractivity contribution is -0.0674. The Kier molecular flexibility index (Phi) is 5.81. The van der Waals surface area contributed by atoms with E-state index in [0.717, 1.165) is 63.2 Å². The summed E-state index contributed by atoms with van der Waals surface area (Å²) in [6.45, 7) is 8.15. The molecule has 0 spiro atoms. The number of nitrogens with one attached hydrogen (secondary N) is 1. The Hall–Kier alpha value is -2.60. The first kappa shape index (κ1) is 20.3. The van der Waals surface area contributed by atoms with Crippen molar-refractivity contribution in [3.8, 4) is 6.07 Å². The number of piperidine rings is 1. The van der Waals surface area contributed by atoms with Gasteiger partial charge in [-0.3, -0.25) is 0 Å². The van der Waals surface area contributed by atoms with Crippen molar-refractivity contribution in [1.82, 2.24) is 24.8 Å². The highest BCUT2D eigenvalue weighted by molar-refractivity contribution is 5.85. The van der Waals surface area contributed by atoms with Crippen molar-refractivity contribution in [1.29, 1.82) is 5.26 Å². The number of H-pyrrole nitrogens is 1. The number of fused-ring (bicyclic) bond motifs is 1. The highest BCUT2D eigenvalue weighted by Gasteiger charge is 2.31. The van der Waals surface area contributed by atoms with Crippen LogP contribution in [0.2, 0.25) is 0 Å². The van der Waals surface area contributed by atoms with E-state index in [1.165, 1.54) is 10.9 Å². The summed E-state index contributed by atoms with van der Waals surface area (Å²) in [6.07, 6.45) is 4.34. The maximum atomic E-state index is 12.7. The third kappa shape index (κ3) is 4.13. The lowest BCUT2D eigenvalue weighted by atomic mass is 9.89. The van der Waals surface area contributed by atoms with Crippen LogP contribution in [0, 0.1) is 11.3 Å². The number of rotatable bonds is 2. The van der Waals surface area contributed by atoms with Crippen LogP contribution in [-0.4, -0.2) is 96.4 Å². The van der Waals surface area contributed by atoms with Crippen molar-refractivity contribution in [2.24, 2.45) is 0 Å². The van der Waals surface area contributed by atoms with Crippen LogP contribution in [0.15, 0.2) is 24.4 Å². The zero-order chi connectivity index (χ0) is 21.2. The van der Waals surface area contributed by atoms with E-state index in [2.05, 4.69) is 27.3 Å². The molecular formula is C23H30N6O2. The fourth-order valence-electron chi connectivity index (χ4n) is 5.13. The number of hydrazine groups is 1. The molecule has 3 saturated heterocycles. The lowest BCUT2D eigenvalue weighted by Gasteiger charge is -2.45. The molecule has 164 valence electrons. The molecule has 3 aliphatic heterocycles. The third-order valence-electron chi connectivity index (χ3n) is 6.96. The maximum absolute atomic E-state index is 12.7. The highest BCUT2D eigenvalue weighted by atomic mass is 16.5. The van der Waals surface area contributed by atoms with Crippen molar-refractivity contribution in [3.05, 3.63) is 35.5 Å². The minimum absolute atomic E-state index is 0.165. The number of benzene rings is 1. The summed E-state index contributed by atoms with van der Waals surface area (Å²) >= 11 is 0. The minimum Gasteiger partial charge on any atom is -0.378 e. The molecule has 4 heterocycles. The lowest BCUT2D eigenvalue weighted by Crippen LogP contribution is -2.59. The van der Waals surface area contributed by atoms with Crippen LogP contribution in [0.25, 0.3) is 10.9 Å². The third-order valence-corrected chi connectivity index (χ3v) is 6.96. The Morgan fingerprint density at radius 2 is 1.65 bits per heavy atom. The van der Waals surface area contributed by atoms with Gasteiger partial charge in [-0.1, -0.05) is 0 Å². The maximum Gasteiger partial charge on any atom is 0.320 e. The summed E-state index contributed by atoms with van der Waals surface area (Å²) < 4.78 is 5.36. The van der Waals surface area contributed by atoms with Crippen LogP contribution in [0.5, 0.6) is 0 Å². The van der Waals surface area contributed by atoms with E-state index in [0.29, 0.717) is 32.2 Å². The Balaban J connectivity index is 1.15. The number of ether oxygens (including phenoxy) is 1. The van der Waals surface area contributed by atoms with Crippen molar-refractivity contribution >= 4 is 16.9 Å². The van der Waals surface area contributed by atoms with Crippen LogP contribution in [0.1, 0.15) is 29.9 Å². The molecule has 5 rings (SSSR count). The Morgan fingerprint density at radius 3 is 2.35 bits per heavy atom. The molecule has 0 bridgehead atoms. The van der Waals surface area contributed by atoms with Gasteiger partial charge in [0.1, 0.15) is 0 Å². The number of hydrogen-bond donors (Lipinski definition) is 1. The van der Waals surface area contributed by atoms with Gasteiger partial charge >= 0.3 is 6.03 Å². The average Bonchev–Trinajstić information content (AvgIpc) is 3.27.